The van der Waals surface area contributed by atoms with E-state index in [2.05, 4.69) is 15.7 Å². The van der Waals surface area contributed by atoms with Crippen LogP contribution in [0, 0.1) is 0 Å². The van der Waals surface area contributed by atoms with E-state index in [1.54, 1.807) is 31.2 Å². The van der Waals surface area contributed by atoms with E-state index >= 15 is 0 Å². The Labute approximate surface area is 158 Å². The lowest BCUT2D eigenvalue weighted by atomic mass is 10.1. The van der Waals surface area contributed by atoms with Crippen LogP contribution in [0.25, 0.3) is 0 Å². The number of sulfone groups is 1. The average molecular weight is 407 g/mol. The Kier molecular flexibility index (Phi) is 7.88. The van der Waals surface area contributed by atoms with Crippen LogP contribution in [0.4, 0.5) is 0 Å². The van der Waals surface area contributed by atoms with Crippen LogP contribution in [0.2, 0.25) is 5.02 Å². The molecule has 1 aromatic carbocycles. The number of halogens is 2. The van der Waals surface area contributed by atoms with E-state index in [9.17, 15) is 13.2 Å². The number of hydrogen-bond donors (Lipinski definition) is 2. The van der Waals surface area contributed by atoms with E-state index in [4.69, 9.17) is 11.6 Å². The maximum Gasteiger partial charge on any atom is 0.241 e. The number of benzene rings is 1. The van der Waals surface area contributed by atoms with Crippen LogP contribution in [0.15, 0.2) is 41.6 Å². The van der Waals surface area contributed by atoms with Crippen molar-refractivity contribution in [2.75, 3.05) is 19.3 Å². The molecular formula is C15H20Cl2N4O3S. The Hall–Kier alpha value is -1.61. The summed E-state index contributed by atoms with van der Waals surface area (Å²) in [6, 6.07) is 5.35. The second kappa shape index (κ2) is 9.19. The van der Waals surface area contributed by atoms with Gasteiger partial charge in [-0.05, 0) is 31.3 Å². The first-order valence-electron chi connectivity index (χ1n) is 7.25. The molecule has 0 aliphatic rings. The molecule has 0 aliphatic carbocycles. The van der Waals surface area contributed by atoms with Gasteiger partial charge in [0, 0.05) is 30.4 Å². The van der Waals surface area contributed by atoms with Gasteiger partial charge in [-0.2, -0.15) is 5.10 Å². The smallest absolute Gasteiger partial charge is 0.241 e. The molecule has 0 bridgehead atoms. The number of aryl methyl sites for hydroxylation is 1. The molecule has 0 spiro atoms. The van der Waals surface area contributed by atoms with E-state index in [0.29, 0.717) is 10.6 Å². The Morgan fingerprint density at radius 2 is 1.96 bits per heavy atom. The monoisotopic (exact) mass is 406 g/mol. The average Bonchev–Trinajstić information content (AvgIpc) is 2.94. The minimum Gasteiger partial charge on any atom is -0.353 e. The highest BCUT2D eigenvalue weighted by atomic mass is 35.5. The highest BCUT2D eigenvalue weighted by molar-refractivity contribution is 7.91. The van der Waals surface area contributed by atoms with Gasteiger partial charge in [-0.1, -0.05) is 11.6 Å². The van der Waals surface area contributed by atoms with E-state index in [0.717, 1.165) is 0 Å². The number of carbonyl (C=O) groups is 1. The predicted octanol–water partition coefficient (Wildman–Crippen LogP) is 1.35. The molecule has 1 atom stereocenters. The summed E-state index contributed by atoms with van der Waals surface area (Å²) in [5, 5.41) is 10.0. The molecule has 2 aromatic rings. The molecule has 0 saturated carbocycles. The summed E-state index contributed by atoms with van der Waals surface area (Å²) in [4.78, 5) is 12.4. The zero-order valence-electron chi connectivity index (χ0n) is 13.8. The van der Waals surface area contributed by atoms with Gasteiger partial charge in [0.05, 0.1) is 16.8 Å². The van der Waals surface area contributed by atoms with Crippen molar-refractivity contribution in [3.8, 4) is 0 Å². The normalized spacial score (nSPS) is 12.3. The van der Waals surface area contributed by atoms with Crippen molar-refractivity contribution in [3.63, 3.8) is 0 Å². The standard InChI is InChI=1S/C15H19ClN4O3S.ClH/c1-17-14(11-9-19-20(2)10-11)15(21)18-7-8-24(22,23)13-5-3-12(16)4-6-13;/h3-6,9-10,14,17H,7-8H2,1-2H3,(H,18,21);1H. The number of nitrogens with zero attached hydrogens (tertiary/aromatic N) is 2. The summed E-state index contributed by atoms with van der Waals surface area (Å²) in [6.45, 7) is 0.0161. The maximum atomic E-state index is 12.2. The number of hydrogen-bond acceptors (Lipinski definition) is 5. The summed E-state index contributed by atoms with van der Waals surface area (Å²) < 4.78 is 26.0. The van der Waals surface area contributed by atoms with Gasteiger partial charge in [0.1, 0.15) is 6.04 Å². The third kappa shape index (κ3) is 5.71. The lowest BCUT2D eigenvalue weighted by Crippen LogP contribution is -2.38. The SMILES string of the molecule is CNC(C(=O)NCCS(=O)(=O)c1ccc(Cl)cc1)c1cnn(C)c1.Cl. The molecule has 0 fully saturated rings. The third-order valence-corrected chi connectivity index (χ3v) is 5.44. The molecule has 1 aromatic heterocycles. The number of nitrogens with one attached hydrogen (secondary N) is 2. The summed E-state index contributed by atoms with van der Waals surface area (Å²) in [5.41, 5.74) is 0.707. The zero-order valence-corrected chi connectivity index (χ0v) is 16.2. The van der Waals surface area contributed by atoms with Crippen molar-refractivity contribution < 1.29 is 13.2 Å². The first kappa shape index (κ1) is 21.4. The number of amides is 1. The first-order chi connectivity index (χ1) is 11.3. The number of carbonyl (C=O) groups excluding carboxylic acids is 1. The molecule has 25 heavy (non-hydrogen) atoms. The molecule has 0 radical (unpaired) electrons. The first-order valence-corrected chi connectivity index (χ1v) is 9.28. The van der Waals surface area contributed by atoms with Crippen molar-refractivity contribution in [2.24, 2.45) is 7.05 Å². The number of aromatic nitrogens is 2. The minimum absolute atomic E-state index is 0. The quantitative estimate of drug-likeness (QED) is 0.723. The van der Waals surface area contributed by atoms with Crippen molar-refractivity contribution >= 4 is 39.8 Å². The van der Waals surface area contributed by atoms with Crippen LogP contribution >= 0.6 is 24.0 Å². The van der Waals surface area contributed by atoms with Gasteiger partial charge < -0.3 is 10.6 Å². The largest absolute Gasteiger partial charge is 0.353 e. The zero-order chi connectivity index (χ0) is 17.7. The van der Waals surface area contributed by atoms with Crippen LogP contribution in [0.3, 0.4) is 0 Å². The fourth-order valence-electron chi connectivity index (χ4n) is 2.21. The molecule has 138 valence electrons. The lowest BCUT2D eigenvalue weighted by Gasteiger charge is -2.14. The molecule has 10 heteroatoms. The van der Waals surface area contributed by atoms with Gasteiger partial charge in [0.2, 0.25) is 5.91 Å². The topological polar surface area (TPSA) is 93.1 Å². The summed E-state index contributed by atoms with van der Waals surface area (Å²) in [6.07, 6.45) is 3.32. The van der Waals surface area contributed by atoms with Crippen LogP contribution < -0.4 is 10.6 Å². The third-order valence-electron chi connectivity index (χ3n) is 3.45. The number of likely N-dealkylation sites (N-methyl/N-ethyl adjacent to an activating group) is 1. The molecule has 1 heterocycles. The second-order valence-corrected chi connectivity index (χ2v) is 7.78. The maximum absolute atomic E-state index is 12.2. The van der Waals surface area contributed by atoms with E-state index in [-0.39, 0.29) is 35.5 Å². The lowest BCUT2D eigenvalue weighted by molar-refractivity contribution is -0.123. The Balaban J connectivity index is 0.00000312. The second-order valence-electron chi connectivity index (χ2n) is 5.23. The molecule has 1 amide bonds. The van der Waals surface area contributed by atoms with Crippen LogP contribution in [-0.2, 0) is 21.7 Å². The minimum atomic E-state index is -3.48. The van der Waals surface area contributed by atoms with Crippen molar-refractivity contribution in [3.05, 3.63) is 47.2 Å². The van der Waals surface area contributed by atoms with Gasteiger partial charge >= 0.3 is 0 Å². The van der Waals surface area contributed by atoms with Gasteiger partial charge in [-0.3, -0.25) is 9.48 Å². The summed E-state index contributed by atoms with van der Waals surface area (Å²) in [7, 11) is -0.0647. The summed E-state index contributed by atoms with van der Waals surface area (Å²) >= 11 is 5.75. The molecule has 0 aliphatic heterocycles. The van der Waals surface area contributed by atoms with Crippen LogP contribution in [-0.4, -0.2) is 43.5 Å². The Morgan fingerprint density at radius 3 is 2.48 bits per heavy atom. The van der Waals surface area contributed by atoms with E-state index in [1.807, 2.05) is 0 Å². The highest BCUT2D eigenvalue weighted by Gasteiger charge is 2.21. The highest BCUT2D eigenvalue weighted by Crippen LogP contribution is 2.15. The number of rotatable bonds is 7. The fraction of sp³-hybridized carbons (Fsp3) is 0.333. The molecule has 1 unspecified atom stereocenters. The van der Waals surface area contributed by atoms with Crippen LogP contribution in [0.5, 0.6) is 0 Å². The molecule has 2 rings (SSSR count). The predicted molar refractivity (Wildman–Crippen MR) is 98.8 cm³/mol. The summed E-state index contributed by atoms with van der Waals surface area (Å²) in [5.74, 6) is -0.499. The molecule has 0 saturated heterocycles. The van der Waals surface area contributed by atoms with E-state index < -0.39 is 15.9 Å². The van der Waals surface area contributed by atoms with Crippen LogP contribution in [0.1, 0.15) is 11.6 Å². The molecular weight excluding hydrogens is 387 g/mol. The Bertz CT molecular complexity index is 806. The van der Waals surface area contributed by atoms with Crippen molar-refractivity contribution in [2.45, 2.75) is 10.9 Å². The fourth-order valence-corrected chi connectivity index (χ4v) is 3.49. The van der Waals surface area contributed by atoms with Gasteiger partial charge in [-0.25, -0.2) is 8.42 Å². The van der Waals surface area contributed by atoms with E-state index in [1.165, 1.54) is 24.3 Å². The molecule has 2 N–H and O–H groups in total. The van der Waals surface area contributed by atoms with Gasteiger partial charge in [0.15, 0.2) is 9.84 Å². The van der Waals surface area contributed by atoms with Gasteiger partial charge in [0.25, 0.3) is 0 Å². The molecule has 7 nitrogen and oxygen atoms in total. The van der Waals surface area contributed by atoms with Crippen molar-refractivity contribution in [1.82, 2.24) is 20.4 Å². The van der Waals surface area contributed by atoms with Crippen molar-refractivity contribution in [1.29, 1.82) is 0 Å². The van der Waals surface area contributed by atoms with Gasteiger partial charge in [-0.15, -0.1) is 12.4 Å². The Morgan fingerprint density at radius 1 is 1.32 bits per heavy atom.